The zero-order chi connectivity index (χ0) is 19.8. The van der Waals surface area contributed by atoms with Crippen molar-refractivity contribution in [2.45, 2.75) is 25.7 Å². The number of nitrogens with two attached hydrogens (primary N) is 1. The second-order valence-electron chi connectivity index (χ2n) is 7.37. The van der Waals surface area contributed by atoms with Gasteiger partial charge >= 0.3 is 0 Å². The van der Waals surface area contributed by atoms with Crippen molar-refractivity contribution in [2.24, 2.45) is 0 Å². The largest absolute Gasteiger partial charge is 0.383 e. The van der Waals surface area contributed by atoms with Gasteiger partial charge < -0.3 is 10.5 Å². The lowest BCUT2D eigenvalue weighted by Crippen LogP contribution is -2.04. The number of aromatic nitrogens is 4. The normalized spacial score (nSPS) is 16.5. The molecule has 0 aliphatic carbocycles. The van der Waals surface area contributed by atoms with Crippen molar-refractivity contribution in [3.63, 3.8) is 0 Å². The highest BCUT2D eigenvalue weighted by Crippen LogP contribution is 2.32. The first-order valence-electron chi connectivity index (χ1n) is 10.0. The summed E-state index contributed by atoms with van der Waals surface area (Å²) < 4.78 is 7.65. The molecule has 146 valence electrons. The van der Waals surface area contributed by atoms with Crippen molar-refractivity contribution >= 4 is 17.0 Å². The highest BCUT2D eigenvalue weighted by atomic mass is 16.5. The van der Waals surface area contributed by atoms with Crippen LogP contribution in [0.2, 0.25) is 0 Å². The zero-order valence-electron chi connectivity index (χ0n) is 16.4. The van der Waals surface area contributed by atoms with Crippen LogP contribution in [0.4, 0.5) is 5.82 Å². The molecule has 5 rings (SSSR count). The van der Waals surface area contributed by atoms with E-state index < -0.39 is 0 Å². The maximum Gasteiger partial charge on any atom is 0.165 e. The van der Waals surface area contributed by atoms with Crippen LogP contribution in [0.3, 0.4) is 0 Å². The number of hydrogen-bond acceptors (Lipinski definition) is 5. The molecule has 1 aromatic carbocycles. The third-order valence-electron chi connectivity index (χ3n) is 5.56. The van der Waals surface area contributed by atoms with Crippen LogP contribution in [0.15, 0.2) is 54.7 Å². The minimum Gasteiger partial charge on any atom is -0.383 e. The SMILES string of the molecule is CCc1ccc(-n2c(-c3cccnc3N)nc3ccc(C4CCOC4)nc32)cc1. The minimum atomic E-state index is 0.331. The van der Waals surface area contributed by atoms with Crippen LogP contribution in [-0.2, 0) is 11.2 Å². The second-order valence-corrected chi connectivity index (χ2v) is 7.37. The first-order valence-corrected chi connectivity index (χ1v) is 10.0. The van der Waals surface area contributed by atoms with Crippen molar-refractivity contribution in [1.82, 2.24) is 19.5 Å². The standard InChI is InChI=1S/C23H23N5O/c1-2-15-5-7-17(8-6-15)28-22(18-4-3-12-25-21(18)24)27-20-10-9-19(26-23(20)28)16-11-13-29-14-16/h3-10,12,16H,2,11,13-14H2,1H3,(H2,24,25). The van der Waals surface area contributed by atoms with Crippen LogP contribution in [0, 0.1) is 0 Å². The first kappa shape index (κ1) is 17.8. The van der Waals surface area contributed by atoms with Crippen LogP contribution < -0.4 is 5.73 Å². The van der Waals surface area contributed by atoms with E-state index in [-0.39, 0.29) is 0 Å². The molecule has 0 saturated carbocycles. The molecule has 1 atom stereocenters. The number of nitrogen functional groups attached to an aromatic ring is 1. The van der Waals surface area contributed by atoms with Gasteiger partial charge in [-0.25, -0.2) is 15.0 Å². The Hall–Kier alpha value is -3.25. The van der Waals surface area contributed by atoms with Crippen LogP contribution in [0.5, 0.6) is 0 Å². The molecule has 1 saturated heterocycles. The lowest BCUT2D eigenvalue weighted by molar-refractivity contribution is 0.193. The molecule has 3 aromatic heterocycles. The molecule has 1 fully saturated rings. The van der Waals surface area contributed by atoms with E-state index in [1.54, 1.807) is 6.20 Å². The Bertz CT molecular complexity index is 1160. The highest BCUT2D eigenvalue weighted by molar-refractivity contribution is 5.82. The molecule has 0 amide bonds. The van der Waals surface area contributed by atoms with Crippen molar-refractivity contribution in [3.8, 4) is 17.1 Å². The molecule has 29 heavy (non-hydrogen) atoms. The molecule has 6 heteroatoms. The highest BCUT2D eigenvalue weighted by Gasteiger charge is 2.22. The molecule has 4 aromatic rings. The summed E-state index contributed by atoms with van der Waals surface area (Å²) in [4.78, 5) is 14.1. The fourth-order valence-corrected chi connectivity index (χ4v) is 3.88. The van der Waals surface area contributed by atoms with E-state index in [0.717, 1.165) is 60.0 Å². The molecule has 0 radical (unpaired) electrons. The predicted molar refractivity (Wildman–Crippen MR) is 114 cm³/mol. The Morgan fingerprint density at radius 1 is 1.10 bits per heavy atom. The maximum atomic E-state index is 6.20. The quantitative estimate of drug-likeness (QED) is 0.571. The number of fused-ring (bicyclic) bond motifs is 1. The van der Waals surface area contributed by atoms with Crippen LogP contribution in [-0.4, -0.2) is 32.7 Å². The number of benzene rings is 1. The van der Waals surface area contributed by atoms with Gasteiger partial charge in [-0.1, -0.05) is 19.1 Å². The Balaban J connectivity index is 1.75. The number of ether oxygens (including phenoxy) is 1. The van der Waals surface area contributed by atoms with E-state index >= 15 is 0 Å². The van der Waals surface area contributed by atoms with Crippen LogP contribution in [0.1, 0.15) is 30.5 Å². The number of hydrogen-bond donors (Lipinski definition) is 1. The number of pyridine rings is 2. The third kappa shape index (κ3) is 3.15. The summed E-state index contributed by atoms with van der Waals surface area (Å²) in [7, 11) is 0. The van der Waals surface area contributed by atoms with Crippen molar-refractivity contribution < 1.29 is 4.74 Å². The molecular weight excluding hydrogens is 362 g/mol. The molecule has 0 spiro atoms. The van der Waals surface area contributed by atoms with Gasteiger partial charge in [0.05, 0.1) is 12.2 Å². The van der Waals surface area contributed by atoms with E-state index in [1.807, 2.05) is 18.2 Å². The average Bonchev–Trinajstić information content (AvgIpc) is 3.42. The van der Waals surface area contributed by atoms with Gasteiger partial charge in [-0.2, -0.15) is 0 Å². The molecule has 6 nitrogen and oxygen atoms in total. The number of aryl methyl sites for hydroxylation is 1. The lowest BCUT2D eigenvalue weighted by atomic mass is 10.0. The summed E-state index contributed by atoms with van der Waals surface area (Å²) >= 11 is 0. The van der Waals surface area contributed by atoms with Crippen LogP contribution in [0.25, 0.3) is 28.2 Å². The molecule has 1 aliphatic heterocycles. The van der Waals surface area contributed by atoms with Crippen molar-refractivity contribution in [2.75, 3.05) is 18.9 Å². The number of imidazole rings is 1. The molecule has 2 N–H and O–H groups in total. The Morgan fingerprint density at radius 2 is 1.97 bits per heavy atom. The summed E-state index contributed by atoms with van der Waals surface area (Å²) in [5.41, 5.74) is 12.0. The summed E-state index contributed by atoms with van der Waals surface area (Å²) in [6, 6.07) is 16.5. The van der Waals surface area contributed by atoms with E-state index in [4.69, 9.17) is 20.4 Å². The summed E-state index contributed by atoms with van der Waals surface area (Å²) in [6.07, 6.45) is 3.69. The van der Waals surface area contributed by atoms with Gasteiger partial charge in [0.2, 0.25) is 0 Å². The van der Waals surface area contributed by atoms with E-state index in [1.165, 1.54) is 5.56 Å². The summed E-state index contributed by atoms with van der Waals surface area (Å²) in [6.45, 7) is 3.67. The smallest absolute Gasteiger partial charge is 0.165 e. The van der Waals surface area contributed by atoms with Gasteiger partial charge in [0.25, 0.3) is 0 Å². The molecular formula is C23H23N5O. The van der Waals surface area contributed by atoms with Crippen LogP contribution >= 0.6 is 0 Å². The molecule has 4 heterocycles. The van der Waals surface area contributed by atoms with Gasteiger partial charge in [-0.15, -0.1) is 0 Å². The lowest BCUT2D eigenvalue weighted by Gasteiger charge is -2.12. The fraction of sp³-hybridized carbons (Fsp3) is 0.261. The second kappa shape index (κ2) is 7.29. The average molecular weight is 385 g/mol. The van der Waals surface area contributed by atoms with Gasteiger partial charge in [-0.05, 0) is 54.8 Å². The van der Waals surface area contributed by atoms with Gasteiger partial charge in [0.1, 0.15) is 11.3 Å². The Morgan fingerprint density at radius 3 is 2.69 bits per heavy atom. The van der Waals surface area contributed by atoms with E-state index in [9.17, 15) is 0 Å². The zero-order valence-corrected chi connectivity index (χ0v) is 16.4. The number of anilines is 1. The number of nitrogens with zero attached hydrogens (tertiary/aromatic N) is 4. The van der Waals surface area contributed by atoms with Gasteiger partial charge in [0.15, 0.2) is 11.5 Å². The Labute approximate surface area is 169 Å². The summed E-state index contributed by atoms with van der Waals surface area (Å²) in [5.74, 6) is 1.54. The topological polar surface area (TPSA) is 78.9 Å². The third-order valence-corrected chi connectivity index (χ3v) is 5.56. The summed E-state index contributed by atoms with van der Waals surface area (Å²) in [5, 5.41) is 0. The fourth-order valence-electron chi connectivity index (χ4n) is 3.88. The predicted octanol–water partition coefficient (Wildman–Crippen LogP) is 4.13. The maximum absolute atomic E-state index is 6.20. The van der Waals surface area contributed by atoms with E-state index in [0.29, 0.717) is 11.7 Å². The monoisotopic (exact) mass is 385 g/mol. The minimum absolute atomic E-state index is 0.331. The van der Waals surface area contributed by atoms with Crippen molar-refractivity contribution in [1.29, 1.82) is 0 Å². The molecule has 1 unspecified atom stereocenters. The van der Waals surface area contributed by atoms with E-state index in [2.05, 4.69) is 46.8 Å². The van der Waals surface area contributed by atoms with Crippen molar-refractivity contribution in [3.05, 3.63) is 66.0 Å². The number of rotatable bonds is 4. The van der Waals surface area contributed by atoms with Gasteiger partial charge in [0, 0.05) is 30.1 Å². The molecule has 1 aliphatic rings. The Kier molecular flexibility index (Phi) is 4.48. The first-order chi connectivity index (χ1) is 14.2. The molecule has 0 bridgehead atoms. The van der Waals surface area contributed by atoms with Gasteiger partial charge in [-0.3, -0.25) is 4.57 Å².